The Kier molecular flexibility index (Phi) is 8.74. The number of hydrogen-bond donors (Lipinski definition) is 0. The summed E-state index contributed by atoms with van der Waals surface area (Å²) in [6.07, 6.45) is 1.45. The Hall–Kier alpha value is 0.400. The second-order valence-corrected chi connectivity index (χ2v) is 7.55. The van der Waals surface area contributed by atoms with Crippen LogP contribution in [0.15, 0.2) is 0 Å². The number of carbonyl (C=O) groups is 2. The number of hydrogen-bond acceptors (Lipinski definition) is 4. The Morgan fingerprint density at radius 1 is 1.06 bits per heavy atom. The van der Waals surface area contributed by atoms with Crippen LogP contribution < -0.4 is 0 Å². The van der Waals surface area contributed by atoms with Crippen molar-refractivity contribution >= 4 is 57.1 Å². The van der Waals surface area contributed by atoms with Crippen molar-refractivity contribution in [3.63, 3.8) is 0 Å². The van der Waals surface area contributed by atoms with Gasteiger partial charge in [0.25, 0.3) is 0 Å². The summed E-state index contributed by atoms with van der Waals surface area (Å²) in [5.74, 6) is -0.524. The van der Waals surface area contributed by atoms with Gasteiger partial charge in [-0.25, -0.2) is 0 Å². The zero-order valence-electron chi connectivity index (χ0n) is 11.2. The lowest BCUT2D eigenvalue weighted by Gasteiger charge is -2.26. The van der Waals surface area contributed by atoms with Gasteiger partial charge in [0.15, 0.2) is 0 Å². The van der Waals surface area contributed by atoms with Crippen LogP contribution in [0.1, 0.15) is 40.5 Å². The average molecular weight is 482 g/mol. The number of ether oxygens (including phenoxy) is 2. The third kappa shape index (κ3) is 7.10. The van der Waals surface area contributed by atoms with Gasteiger partial charge in [0.05, 0.1) is 0 Å². The maximum Gasteiger partial charge on any atom is 0.319 e. The summed E-state index contributed by atoms with van der Waals surface area (Å²) in [5, 5.41) is 0. The Bertz CT molecular complexity index is 292. The van der Waals surface area contributed by atoms with Crippen LogP contribution in [0.2, 0.25) is 0 Å². The van der Waals surface area contributed by atoms with Crippen LogP contribution in [0.3, 0.4) is 0 Å². The minimum absolute atomic E-state index is 0.0874. The molecule has 0 aromatic carbocycles. The standard InChI is InChI=1S/C12H20I2O4/c1-5-8(13)10(15)17-7-12(3,4)18-11(16)9(14)6-2/h8-9H,5-7H2,1-4H3. The molecule has 0 saturated carbocycles. The third-order valence-electron chi connectivity index (χ3n) is 2.17. The van der Waals surface area contributed by atoms with Crippen molar-refractivity contribution < 1.29 is 19.1 Å². The fourth-order valence-corrected chi connectivity index (χ4v) is 1.34. The van der Waals surface area contributed by atoms with E-state index in [1.54, 1.807) is 13.8 Å². The van der Waals surface area contributed by atoms with Crippen molar-refractivity contribution in [1.29, 1.82) is 0 Å². The Morgan fingerprint density at radius 3 is 1.94 bits per heavy atom. The molecular formula is C12H20I2O4. The van der Waals surface area contributed by atoms with Crippen molar-refractivity contribution in [2.24, 2.45) is 0 Å². The van der Waals surface area contributed by atoms with E-state index in [4.69, 9.17) is 9.47 Å². The predicted molar refractivity (Wildman–Crippen MR) is 87.3 cm³/mol. The number of rotatable bonds is 7. The number of alkyl halides is 2. The second kappa shape index (κ2) is 8.55. The molecule has 0 saturated heterocycles. The van der Waals surface area contributed by atoms with Gasteiger partial charge in [-0.3, -0.25) is 9.59 Å². The third-order valence-corrected chi connectivity index (χ3v) is 4.95. The lowest BCUT2D eigenvalue weighted by molar-refractivity contribution is -0.167. The minimum atomic E-state index is -0.782. The lowest BCUT2D eigenvalue weighted by atomic mass is 10.1. The Labute approximate surface area is 136 Å². The van der Waals surface area contributed by atoms with E-state index in [-0.39, 0.29) is 26.4 Å². The van der Waals surface area contributed by atoms with Crippen LogP contribution >= 0.6 is 45.2 Å². The molecule has 2 atom stereocenters. The summed E-state index contributed by atoms with van der Waals surface area (Å²) in [5.41, 5.74) is -0.782. The molecule has 106 valence electrons. The SMILES string of the molecule is CCC(I)C(=O)OCC(C)(C)OC(=O)C(I)CC. The molecule has 0 N–H and O–H groups in total. The first-order chi connectivity index (χ1) is 8.23. The molecule has 0 heterocycles. The van der Waals surface area contributed by atoms with Crippen molar-refractivity contribution in [2.75, 3.05) is 6.61 Å². The highest BCUT2D eigenvalue weighted by atomic mass is 127. The van der Waals surface area contributed by atoms with E-state index >= 15 is 0 Å². The fourth-order valence-electron chi connectivity index (χ4n) is 1.03. The molecule has 2 unspecified atom stereocenters. The van der Waals surface area contributed by atoms with Gasteiger partial charge in [-0.1, -0.05) is 59.0 Å². The summed E-state index contributed by atoms with van der Waals surface area (Å²) in [7, 11) is 0. The molecule has 0 aromatic rings. The molecule has 0 amide bonds. The van der Waals surface area contributed by atoms with Crippen molar-refractivity contribution in [3.8, 4) is 0 Å². The van der Waals surface area contributed by atoms with Crippen molar-refractivity contribution in [2.45, 2.75) is 54.0 Å². The molecule has 6 heteroatoms. The summed E-state index contributed by atoms with van der Waals surface area (Å²) in [6.45, 7) is 7.42. The molecule has 0 spiro atoms. The number of halogens is 2. The normalized spacial score (nSPS) is 14.8. The Morgan fingerprint density at radius 2 is 1.50 bits per heavy atom. The molecule has 0 aliphatic rings. The van der Waals surface area contributed by atoms with Gasteiger partial charge >= 0.3 is 11.9 Å². The van der Waals surface area contributed by atoms with Gasteiger partial charge in [0.1, 0.15) is 20.1 Å². The van der Waals surface area contributed by atoms with Crippen LogP contribution in [-0.4, -0.2) is 32.0 Å². The smallest absolute Gasteiger partial charge is 0.319 e. The van der Waals surface area contributed by atoms with Crippen molar-refractivity contribution in [3.05, 3.63) is 0 Å². The molecule has 18 heavy (non-hydrogen) atoms. The largest absolute Gasteiger partial charge is 0.461 e. The monoisotopic (exact) mass is 482 g/mol. The van der Waals surface area contributed by atoms with Crippen LogP contribution in [0.25, 0.3) is 0 Å². The summed E-state index contributed by atoms with van der Waals surface area (Å²) < 4.78 is 10.2. The number of esters is 2. The molecule has 0 fully saturated rings. The molecule has 0 aromatic heterocycles. The van der Waals surface area contributed by atoms with E-state index in [9.17, 15) is 9.59 Å². The van der Waals surface area contributed by atoms with Crippen LogP contribution in [-0.2, 0) is 19.1 Å². The quantitative estimate of drug-likeness (QED) is 0.318. The first kappa shape index (κ1) is 18.4. The lowest BCUT2D eigenvalue weighted by Crippen LogP contribution is -2.37. The average Bonchev–Trinajstić information content (AvgIpc) is 2.33. The highest BCUT2D eigenvalue weighted by Gasteiger charge is 2.28. The van der Waals surface area contributed by atoms with Gasteiger partial charge in [-0.2, -0.15) is 0 Å². The van der Waals surface area contributed by atoms with Gasteiger partial charge < -0.3 is 9.47 Å². The molecule has 0 radical (unpaired) electrons. The first-order valence-electron chi connectivity index (χ1n) is 5.91. The fraction of sp³-hybridized carbons (Fsp3) is 0.833. The van der Waals surface area contributed by atoms with E-state index in [1.807, 2.05) is 59.0 Å². The molecule has 0 aliphatic carbocycles. The van der Waals surface area contributed by atoms with E-state index in [2.05, 4.69) is 0 Å². The van der Waals surface area contributed by atoms with E-state index in [1.165, 1.54) is 0 Å². The molecule has 0 aliphatic heterocycles. The first-order valence-corrected chi connectivity index (χ1v) is 8.40. The van der Waals surface area contributed by atoms with Crippen LogP contribution in [0.4, 0.5) is 0 Å². The highest BCUT2D eigenvalue weighted by Crippen LogP contribution is 2.17. The molecule has 0 rings (SSSR count). The number of carbonyl (C=O) groups excluding carboxylic acids is 2. The zero-order valence-corrected chi connectivity index (χ0v) is 15.5. The maximum absolute atomic E-state index is 11.7. The van der Waals surface area contributed by atoms with Gasteiger partial charge in [-0.05, 0) is 26.7 Å². The molecule has 0 bridgehead atoms. The molecular weight excluding hydrogens is 462 g/mol. The molecule has 4 nitrogen and oxygen atoms in total. The van der Waals surface area contributed by atoms with E-state index < -0.39 is 5.60 Å². The van der Waals surface area contributed by atoms with E-state index in [0.29, 0.717) is 0 Å². The Balaban J connectivity index is 4.23. The second-order valence-electron chi connectivity index (χ2n) is 4.54. The van der Waals surface area contributed by atoms with Crippen molar-refractivity contribution in [1.82, 2.24) is 0 Å². The van der Waals surface area contributed by atoms with Gasteiger partial charge in [-0.15, -0.1) is 0 Å². The summed E-state index contributed by atoms with van der Waals surface area (Å²) in [6, 6.07) is 0. The predicted octanol–water partition coefficient (Wildman–Crippen LogP) is 3.28. The van der Waals surface area contributed by atoms with Crippen LogP contribution in [0.5, 0.6) is 0 Å². The van der Waals surface area contributed by atoms with Gasteiger partial charge in [0.2, 0.25) is 0 Å². The maximum atomic E-state index is 11.7. The summed E-state index contributed by atoms with van der Waals surface area (Å²) in [4.78, 5) is 23.2. The van der Waals surface area contributed by atoms with E-state index in [0.717, 1.165) is 12.8 Å². The van der Waals surface area contributed by atoms with Crippen LogP contribution in [0, 0.1) is 0 Å². The topological polar surface area (TPSA) is 52.6 Å². The van der Waals surface area contributed by atoms with Gasteiger partial charge in [0, 0.05) is 0 Å². The highest BCUT2D eigenvalue weighted by molar-refractivity contribution is 14.1. The summed E-state index contributed by atoms with van der Waals surface area (Å²) >= 11 is 4.09. The zero-order chi connectivity index (χ0) is 14.3. The minimum Gasteiger partial charge on any atom is -0.461 e.